The normalized spacial score (nSPS) is 15.1. The first-order chi connectivity index (χ1) is 30.6. The van der Waals surface area contributed by atoms with E-state index >= 15 is 0 Å². The number of rotatable bonds is 2. The van der Waals surface area contributed by atoms with Crippen LogP contribution in [0.25, 0.3) is 0 Å². The van der Waals surface area contributed by atoms with E-state index < -0.39 is 10.8 Å². The molecule has 4 heterocycles. The van der Waals surface area contributed by atoms with Gasteiger partial charge in [0.05, 0.1) is 50.0 Å². The van der Waals surface area contributed by atoms with Crippen molar-refractivity contribution in [1.82, 2.24) is 0 Å². The third-order valence-corrected chi connectivity index (χ3v) is 14.1. The van der Waals surface area contributed by atoms with Crippen LogP contribution in [0.15, 0.2) is 211 Å². The zero-order valence-electron chi connectivity index (χ0n) is 33.1. The van der Waals surface area contributed by atoms with Gasteiger partial charge in [-0.25, -0.2) is 0 Å². The third-order valence-electron chi connectivity index (χ3n) is 13.3. The molecular weight excluding hydrogens is 848 g/mol. The van der Waals surface area contributed by atoms with Gasteiger partial charge in [-0.2, -0.15) is 0 Å². The van der Waals surface area contributed by atoms with Gasteiger partial charge in [0.15, 0.2) is 0 Å². The number of nitrogens with zero attached hydrogens (tertiary/aromatic N) is 2. The number of hydrogen-bond acceptors (Lipinski definition) is 4. The van der Waals surface area contributed by atoms with E-state index in [1.165, 1.54) is 0 Å². The Morgan fingerprint density at radius 2 is 0.565 bits per heavy atom. The fourth-order valence-electron chi connectivity index (χ4n) is 11.0. The lowest BCUT2D eigenvalue weighted by atomic mass is 9.61. The molecule has 9 aromatic carbocycles. The Balaban J connectivity index is 1.07. The largest absolute Gasteiger partial charge is 0.457 e. The molecule has 4 nitrogen and oxygen atoms in total. The molecule has 0 aromatic heterocycles. The molecule has 0 bridgehead atoms. The van der Waals surface area contributed by atoms with Crippen molar-refractivity contribution >= 4 is 61.7 Å². The summed E-state index contributed by atoms with van der Waals surface area (Å²) in [7, 11) is 0. The first-order valence-electron chi connectivity index (χ1n) is 20.8. The van der Waals surface area contributed by atoms with Crippen LogP contribution in [0, 0.1) is 0 Å². The number of halogens is 2. The Morgan fingerprint density at radius 1 is 0.323 bits per heavy atom. The molecule has 0 unspecified atom stereocenters. The van der Waals surface area contributed by atoms with Crippen LogP contribution in [-0.4, -0.2) is 0 Å². The van der Waals surface area contributed by atoms with E-state index in [0.29, 0.717) is 5.02 Å². The molecule has 4 aliphatic rings. The smallest absolute Gasteiger partial charge is 0.132 e. The first-order valence-corrected chi connectivity index (χ1v) is 22.0. The van der Waals surface area contributed by atoms with Crippen LogP contribution in [0.1, 0.15) is 44.5 Å². The highest BCUT2D eigenvalue weighted by Crippen LogP contribution is 2.66. The van der Waals surface area contributed by atoms with Gasteiger partial charge < -0.3 is 19.3 Å². The van der Waals surface area contributed by atoms with Gasteiger partial charge in [-0.3, -0.25) is 0 Å². The minimum atomic E-state index is -0.661. The summed E-state index contributed by atoms with van der Waals surface area (Å²) in [4.78, 5) is 4.70. The molecule has 0 amide bonds. The van der Waals surface area contributed by atoms with E-state index in [0.717, 1.165) is 106 Å². The lowest BCUT2D eigenvalue weighted by Gasteiger charge is -2.49. The number of ether oxygens (including phenoxy) is 2. The van der Waals surface area contributed by atoms with Crippen LogP contribution < -0.4 is 19.3 Å². The molecule has 0 atom stereocenters. The number of fused-ring (bicyclic) bond motifs is 16. The van der Waals surface area contributed by atoms with Crippen LogP contribution in [0.3, 0.4) is 0 Å². The Kier molecular flexibility index (Phi) is 7.61. The van der Waals surface area contributed by atoms with Gasteiger partial charge in [0.1, 0.15) is 23.0 Å². The summed E-state index contributed by atoms with van der Waals surface area (Å²) in [5, 5.41) is 0.620. The van der Waals surface area contributed by atoms with Gasteiger partial charge in [0.25, 0.3) is 0 Å². The molecule has 2 spiro atoms. The molecule has 4 aliphatic heterocycles. The Bertz CT molecular complexity index is 2940. The Morgan fingerprint density at radius 3 is 0.855 bits per heavy atom. The van der Waals surface area contributed by atoms with Crippen molar-refractivity contribution in [3.63, 3.8) is 0 Å². The van der Waals surface area contributed by atoms with Crippen molar-refractivity contribution in [3.8, 4) is 23.0 Å². The Labute approximate surface area is 373 Å². The van der Waals surface area contributed by atoms with Crippen LogP contribution >= 0.6 is 27.5 Å². The molecular formula is C56H34BrClN2O2. The van der Waals surface area contributed by atoms with Crippen molar-refractivity contribution in [2.45, 2.75) is 10.8 Å². The summed E-state index contributed by atoms with van der Waals surface area (Å²) in [5.41, 5.74) is 13.5. The molecule has 294 valence electrons. The second-order valence-corrected chi connectivity index (χ2v) is 17.5. The predicted octanol–water partition coefficient (Wildman–Crippen LogP) is 15.6. The fourth-order valence-corrected chi connectivity index (χ4v) is 11.8. The summed E-state index contributed by atoms with van der Waals surface area (Å²) in [5.74, 6) is 3.40. The number of hydrogen-bond donors (Lipinski definition) is 0. The van der Waals surface area contributed by atoms with E-state index in [1.807, 2.05) is 0 Å². The standard InChI is InChI=1S/C56H34BrClN2O2/c57-35-33-48(59-44-25-9-1-17-36(44)55(37-18-2-10-26-45(37)59)40-21-5-13-29-50(40)61-51-30-14-6-22-41(51)55)54(58)49(34-35)60-46-27-11-3-19-38(46)56(39-20-4-12-28-47(39)60)42-23-7-15-31-52(42)62-53-32-16-8-24-43(53)56/h1-34H. The maximum absolute atomic E-state index is 8.05. The predicted molar refractivity (Wildman–Crippen MR) is 252 cm³/mol. The van der Waals surface area contributed by atoms with Crippen LogP contribution in [-0.2, 0) is 10.8 Å². The molecule has 0 aliphatic carbocycles. The Hall–Kier alpha value is -7.05. The van der Waals surface area contributed by atoms with Gasteiger partial charge in [0, 0.05) is 26.7 Å². The highest BCUT2D eigenvalue weighted by atomic mass is 79.9. The van der Waals surface area contributed by atoms with E-state index in [-0.39, 0.29) is 0 Å². The lowest BCUT2D eigenvalue weighted by Crippen LogP contribution is -2.40. The monoisotopic (exact) mass is 880 g/mol. The number of anilines is 6. The maximum Gasteiger partial charge on any atom is 0.132 e. The number of benzene rings is 9. The summed E-state index contributed by atoms with van der Waals surface area (Å²) >= 11 is 12.1. The van der Waals surface area contributed by atoms with E-state index in [2.05, 4.69) is 232 Å². The second-order valence-electron chi connectivity index (χ2n) is 16.2. The van der Waals surface area contributed by atoms with E-state index in [9.17, 15) is 0 Å². The van der Waals surface area contributed by atoms with Gasteiger partial charge in [-0.1, -0.05) is 173 Å². The first kappa shape index (κ1) is 35.7. The van der Waals surface area contributed by atoms with Gasteiger partial charge >= 0.3 is 0 Å². The van der Waals surface area contributed by atoms with Crippen molar-refractivity contribution in [2.24, 2.45) is 0 Å². The van der Waals surface area contributed by atoms with Crippen molar-refractivity contribution in [3.05, 3.63) is 260 Å². The van der Waals surface area contributed by atoms with Crippen LogP contribution in [0.4, 0.5) is 34.1 Å². The molecule has 6 heteroatoms. The molecule has 9 aromatic rings. The molecule has 0 radical (unpaired) electrons. The lowest BCUT2D eigenvalue weighted by molar-refractivity contribution is 0.434. The molecule has 0 N–H and O–H groups in total. The molecule has 0 fully saturated rings. The van der Waals surface area contributed by atoms with Crippen molar-refractivity contribution < 1.29 is 9.47 Å². The SMILES string of the molecule is Clc1c(N2c3ccccc3C3(c4ccccc4Oc4ccccc43)c3ccccc32)cc(Br)cc1N1c2ccccc2C2(c3ccccc3Oc3ccccc32)c2ccccc21. The zero-order chi connectivity index (χ0) is 41.2. The fraction of sp³-hybridized carbons (Fsp3) is 0.0357. The molecule has 13 rings (SSSR count). The summed E-state index contributed by atoms with van der Waals surface area (Å²) in [6.07, 6.45) is 0. The summed E-state index contributed by atoms with van der Waals surface area (Å²) < 4.78 is 14.2. The second kappa shape index (κ2) is 13.2. The van der Waals surface area contributed by atoms with Crippen LogP contribution in [0.2, 0.25) is 5.02 Å². The minimum absolute atomic E-state index is 0.620. The van der Waals surface area contributed by atoms with E-state index in [4.69, 9.17) is 21.1 Å². The van der Waals surface area contributed by atoms with Gasteiger partial charge in [-0.05, 0) is 82.9 Å². The van der Waals surface area contributed by atoms with Gasteiger partial charge in [-0.15, -0.1) is 0 Å². The van der Waals surface area contributed by atoms with Crippen molar-refractivity contribution in [2.75, 3.05) is 9.80 Å². The summed E-state index contributed by atoms with van der Waals surface area (Å²) in [6.45, 7) is 0. The highest BCUT2D eigenvalue weighted by Gasteiger charge is 2.53. The van der Waals surface area contributed by atoms with Gasteiger partial charge in [0.2, 0.25) is 0 Å². The quantitative estimate of drug-likeness (QED) is 0.173. The molecule has 0 saturated heterocycles. The average molecular weight is 882 g/mol. The van der Waals surface area contributed by atoms with Crippen LogP contribution in [0.5, 0.6) is 23.0 Å². The maximum atomic E-state index is 8.05. The zero-order valence-corrected chi connectivity index (χ0v) is 35.4. The highest BCUT2D eigenvalue weighted by molar-refractivity contribution is 9.10. The average Bonchev–Trinajstić information content (AvgIpc) is 3.32. The molecule has 62 heavy (non-hydrogen) atoms. The minimum Gasteiger partial charge on any atom is -0.457 e. The third kappa shape index (κ3) is 4.56. The summed E-state index contributed by atoms with van der Waals surface area (Å²) in [6, 6.07) is 73.2. The number of para-hydroxylation sites is 8. The topological polar surface area (TPSA) is 24.9 Å². The van der Waals surface area contributed by atoms with Crippen molar-refractivity contribution in [1.29, 1.82) is 0 Å². The molecule has 0 saturated carbocycles. The van der Waals surface area contributed by atoms with E-state index in [1.54, 1.807) is 0 Å².